The number of carbonyl (C=O) groups excluding carboxylic acids is 1. The molecule has 0 aromatic heterocycles. The minimum Gasteiger partial charge on any atom is -0.374 e. The van der Waals surface area contributed by atoms with Crippen LogP contribution in [0.2, 0.25) is 0 Å². The third-order valence-electron chi connectivity index (χ3n) is 3.24. The molecule has 0 aliphatic heterocycles. The molecular formula is C16H16F2N2O3S. The molecule has 2 aromatic carbocycles. The molecule has 24 heavy (non-hydrogen) atoms. The van der Waals surface area contributed by atoms with Crippen LogP contribution in [0.4, 0.5) is 20.2 Å². The average molecular weight is 354 g/mol. The van der Waals surface area contributed by atoms with Gasteiger partial charge in [-0.1, -0.05) is 18.2 Å². The molecule has 0 saturated carbocycles. The lowest BCUT2D eigenvalue weighted by molar-refractivity contribution is -0.116. The Hall–Kier alpha value is -2.48. The summed E-state index contributed by atoms with van der Waals surface area (Å²) in [6.45, 7) is 1.63. The summed E-state index contributed by atoms with van der Waals surface area (Å²) in [5.41, 5.74) is 1.09. The highest BCUT2D eigenvalue weighted by molar-refractivity contribution is 7.91. The number of nitrogens with one attached hydrogen (secondary N) is 2. The lowest BCUT2D eigenvalue weighted by atomic mass is 10.2. The number of halogens is 2. The largest absolute Gasteiger partial charge is 0.374 e. The van der Waals surface area contributed by atoms with Crippen LogP contribution in [0.25, 0.3) is 0 Å². The number of alkyl halides is 2. The van der Waals surface area contributed by atoms with Crippen molar-refractivity contribution in [1.82, 2.24) is 0 Å². The predicted octanol–water partition coefficient (Wildman–Crippen LogP) is 3.12. The van der Waals surface area contributed by atoms with E-state index in [1.807, 2.05) is 6.07 Å². The number of hydrogen-bond acceptors (Lipinski definition) is 4. The molecule has 1 amide bonds. The van der Waals surface area contributed by atoms with Crippen molar-refractivity contribution in [3.63, 3.8) is 0 Å². The molecule has 0 aliphatic carbocycles. The Morgan fingerprint density at radius 2 is 1.54 bits per heavy atom. The van der Waals surface area contributed by atoms with Crippen molar-refractivity contribution < 1.29 is 22.0 Å². The third kappa shape index (κ3) is 4.29. The van der Waals surface area contributed by atoms with E-state index in [4.69, 9.17) is 0 Å². The Balaban J connectivity index is 2.02. The molecule has 0 spiro atoms. The first kappa shape index (κ1) is 17.9. The van der Waals surface area contributed by atoms with Crippen LogP contribution in [-0.2, 0) is 14.6 Å². The van der Waals surface area contributed by atoms with Gasteiger partial charge in [0.15, 0.2) is 0 Å². The van der Waals surface area contributed by atoms with Crippen LogP contribution < -0.4 is 10.6 Å². The van der Waals surface area contributed by atoms with Crippen molar-refractivity contribution in [1.29, 1.82) is 0 Å². The van der Waals surface area contributed by atoms with Gasteiger partial charge in [0.05, 0.1) is 4.90 Å². The van der Waals surface area contributed by atoms with Crippen LogP contribution in [-0.4, -0.2) is 26.1 Å². The summed E-state index contributed by atoms with van der Waals surface area (Å²) in [7, 11) is -4.62. The second kappa shape index (κ2) is 7.39. The quantitative estimate of drug-likeness (QED) is 0.836. The Morgan fingerprint density at radius 3 is 2.08 bits per heavy atom. The number of amides is 1. The molecule has 5 nitrogen and oxygen atoms in total. The topological polar surface area (TPSA) is 75.3 Å². The van der Waals surface area contributed by atoms with Gasteiger partial charge < -0.3 is 10.6 Å². The third-order valence-corrected chi connectivity index (χ3v) is 4.63. The Kier molecular flexibility index (Phi) is 5.50. The van der Waals surface area contributed by atoms with Crippen LogP contribution in [0.5, 0.6) is 0 Å². The minimum absolute atomic E-state index is 0.287. The Bertz CT molecular complexity index is 794. The monoisotopic (exact) mass is 354 g/mol. The fourth-order valence-electron chi connectivity index (χ4n) is 1.93. The zero-order valence-electron chi connectivity index (χ0n) is 12.7. The molecule has 0 fully saturated rings. The molecule has 0 heterocycles. The molecule has 0 bridgehead atoms. The standard InChI is InChI=1S/C16H16F2N2O3S/c1-11(15(21)20-12-5-3-2-4-6-12)19-13-7-9-14(10-8-13)24(22,23)16(17)18/h2-11,16,19H,1H3,(H,20,21). The lowest BCUT2D eigenvalue weighted by Gasteiger charge is -2.15. The minimum atomic E-state index is -4.62. The first-order valence-electron chi connectivity index (χ1n) is 7.05. The Morgan fingerprint density at radius 1 is 0.958 bits per heavy atom. The summed E-state index contributed by atoms with van der Waals surface area (Å²) in [5.74, 6) is -3.75. The normalized spacial score (nSPS) is 12.7. The van der Waals surface area contributed by atoms with E-state index in [9.17, 15) is 22.0 Å². The fraction of sp³-hybridized carbons (Fsp3) is 0.188. The van der Waals surface area contributed by atoms with Crippen LogP contribution in [0, 0.1) is 0 Å². The summed E-state index contributed by atoms with van der Waals surface area (Å²) in [6.07, 6.45) is 0. The summed E-state index contributed by atoms with van der Waals surface area (Å²) in [6, 6.07) is 13.1. The SMILES string of the molecule is CC(Nc1ccc(S(=O)(=O)C(F)F)cc1)C(=O)Nc1ccccc1. The van der Waals surface area contributed by atoms with E-state index in [0.717, 1.165) is 12.1 Å². The van der Waals surface area contributed by atoms with Gasteiger partial charge in [-0.2, -0.15) is 8.78 Å². The highest BCUT2D eigenvalue weighted by Gasteiger charge is 2.26. The van der Waals surface area contributed by atoms with Gasteiger partial charge in [-0.3, -0.25) is 4.79 Å². The number of benzene rings is 2. The smallest absolute Gasteiger partial charge is 0.341 e. The number of para-hydroxylation sites is 1. The maximum absolute atomic E-state index is 12.5. The van der Waals surface area contributed by atoms with Gasteiger partial charge in [0, 0.05) is 11.4 Å². The highest BCUT2D eigenvalue weighted by atomic mass is 32.2. The van der Waals surface area contributed by atoms with E-state index in [1.54, 1.807) is 31.2 Å². The maximum atomic E-state index is 12.5. The van der Waals surface area contributed by atoms with Gasteiger partial charge in [0.1, 0.15) is 6.04 Å². The van der Waals surface area contributed by atoms with E-state index in [1.165, 1.54) is 12.1 Å². The molecule has 8 heteroatoms. The average Bonchev–Trinajstić information content (AvgIpc) is 2.56. The lowest BCUT2D eigenvalue weighted by Crippen LogP contribution is -2.31. The van der Waals surface area contributed by atoms with Gasteiger partial charge in [0.2, 0.25) is 15.7 Å². The van der Waals surface area contributed by atoms with Crippen LogP contribution >= 0.6 is 0 Å². The Labute approximate surface area is 138 Å². The molecule has 0 aliphatic rings. The summed E-state index contributed by atoms with van der Waals surface area (Å²) in [5, 5.41) is 5.59. The van der Waals surface area contributed by atoms with Crippen molar-refractivity contribution >= 4 is 27.1 Å². The van der Waals surface area contributed by atoms with E-state index < -0.39 is 26.5 Å². The maximum Gasteiger partial charge on any atom is 0.341 e. The number of hydrogen-bond donors (Lipinski definition) is 2. The predicted molar refractivity (Wildman–Crippen MR) is 87.8 cm³/mol. The van der Waals surface area contributed by atoms with Gasteiger partial charge in [-0.15, -0.1) is 0 Å². The van der Waals surface area contributed by atoms with E-state index in [0.29, 0.717) is 11.4 Å². The van der Waals surface area contributed by atoms with Crippen LogP contribution in [0.15, 0.2) is 59.5 Å². The number of sulfone groups is 1. The number of rotatable bonds is 6. The molecule has 2 N–H and O–H groups in total. The van der Waals surface area contributed by atoms with Gasteiger partial charge in [-0.05, 0) is 43.3 Å². The first-order valence-corrected chi connectivity index (χ1v) is 8.60. The first-order chi connectivity index (χ1) is 11.3. The van der Waals surface area contributed by atoms with Crippen molar-refractivity contribution in [2.45, 2.75) is 23.6 Å². The van der Waals surface area contributed by atoms with Gasteiger partial charge in [-0.25, -0.2) is 8.42 Å². The second-order valence-electron chi connectivity index (χ2n) is 5.05. The van der Waals surface area contributed by atoms with Crippen molar-refractivity contribution in [3.05, 3.63) is 54.6 Å². The van der Waals surface area contributed by atoms with Crippen molar-refractivity contribution in [2.75, 3.05) is 10.6 Å². The molecule has 0 saturated heterocycles. The molecule has 128 valence electrons. The molecular weight excluding hydrogens is 338 g/mol. The van der Waals surface area contributed by atoms with Gasteiger partial charge >= 0.3 is 5.76 Å². The van der Waals surface area contributed by atoms with Crippen molar-refractivity contribution in [2.24, 2.45) is 0 Å². The second-order valence-corrected chi connectivity index (χ2v) is 6.97. The van der Waals surface area contributed by atoms with Gasteiger partial charge in [0.25, 0.3) is 0 Å². The van der Waals surface area contributed by atoms with Crippen LogP contribution in [0.3, 0.4) is 0 Å². The summed E-state index contributed by atoms with van der Waals surface area (Å²) in [4.78, 5) is 11.6. The zero-order valence-corrected chi connectivity index (χ0v) is 13.6. The van der Waals surface area contributed by atoms with Crippen LogP contribution in [0.1, 0.15) is 6.92 Å². The van der Waals surface area contributed by atoms with E-state index in [2.05, 4.69) is 10.6 Å². The molecule has 2 aromatic rings. The molecule has 1 atom stereocenters. The summed E-state index contributed by atoms with van der Waals surface area (Å²) < 4.78 is 47.6. The summed E-state index contributed by atoms with van der Waals surface area (Å²) >= 11 is 0. The fourth-order valence-corrected chi connectivity index (χ4v) is 2.65. The number of anilines is 2. The van der Waals surface area contributed by atoms with E-state index >= 15 is 0 Å². The van der Waals surface area contributed by atoms with E-state index in [-0.39, 0.29) is 5.91 Å². The zero-order chi connectivity index (χ0) is 17.7. The molecule has 2 rings (SSSR count). The molecule has 1 unspecified atom stereocenters. The highest BCUT2D eigenvalue weighted by Crippen LogP contribution is 2.20. The number of carbonyl (C=O) groups is 1. The van der Waals surface area contributed by atoms with Crippen molar-refractivity contribution in [3.8, 4) is 0 Å². The molecule has 0 radical (unpaired) electrons.